The maximum Gasteiger partial charge on any atom is 0.272 e. The molecule has 1 N–H and O–H groups in total. The Balaban J connectivity index is 1.78. The molecule has 2 aromatic rings. The minimum atomic E-state index is -0.173. The summed E-state index contributed by atoms with van der Waals surface area (Å²) < 4.78 is 0. The van der Waals surface area contributed by atoms with Crippen LogP contribution >= 0.6 is 0 Å². The fraction of sp³-hybridized carbons (Fsp3) is 0.375. The third kappa shape index (κ3) is 3.23. The van der Waals surface area contributed by atoms with E-state index >= 15 is 0 Å². The van der Waals surface area contributed by atoms with Gasteiger partial charge in [0, 0.05) is 45.4 Å². The highest BCUT2D eigenvalue weighted by molar-refractivity contribution is 5.92. The second-order valence-electron chi connectivity index (χ2n) is 5.84. The van der Waals surface area contributed by atoms with Crippen LogP contribution in [0.3, 0.4) is 0 Å². The van der Waals surface area contributed by atoms with Crippen molar-refractivity contribution in [1.82, 2.24) is 19.9 Å². The van der Waals surface area contributed by atoms with Crippen molar-refractivity contribution in [3.8, 4) is 0 Å². The number of carbonyl (C=O) groups excluding carboxylic acids is 1. The van der Waals surface area contributed by atoms with Crippen LogP contribution in [0.2, 0.25) is 0 Å². The number of hydrogen-bond donors (Lipinski definition) is 1. The molecule has 0 aliphatic carbocycles. The summed E-state index contributed by atoms with van der Waals surface area (Å²) in [6, 6.07) is 6.82. The summed E-state index contributed by atoms with van der Waals surface area (Å²) in [7, 11) is 3.65. The van der Waals surface area contributed by atoms with E-state index in [4.69, 9.17) is 0 Å². The number of likely N-dealkylation sites (tertiary alicyclic amines) is 1. The van der Waals surface area contributed by atoms with Gasteiger partial charge in [0.2, 0.25) is 5.95 Å². The van der Waals surface area contributed by atoms with E-state index in [1.165, 1.54) is 6.07 Å². The van der Waals surface area contributed by atoms with E-state index in [2.05, 4.69) is 15.0 Å². The molecular formula is C16H19N5O2. The minimum absolute atomic E-state index is 0.0728. The van der Waals surface area contributed by atoms with Gasteiger partial charge >= 0.3 is 0 Å². The average Bonchev–Trinajstić information content (AvgIpc) is 3.04. The van der Waals surface area contributed by atoms with Crippen LogP contribution in [0, 0.1) is 0 Å². The van der Waals surface area contributed by atoms with Crippen molar-refractivity contribution >= 4 is 11.9 Å². The van der Waals surface area contributed by atoms with Crippen LogP contribution in [0.5, 0.6) is 0 Å². The van der Waals surface area contributed by atoms with Crippen LogP contribution in [-0.2, 0) is 0 Å². The quantitative estimate of drug-likeness (QED) is 0.909. The van der Waals surface area contributed by atoms with Crippen molar-refractivity contribution in [3.05, 3.63) is 52.2 Å². The van der Waals surface area contributed by atoms with E-state index in [0.717, 1.165) is 12.1 Å². The molecule has 1 atom stereocenters. The topological polar surface area (TPSA) is 82.2 Å². The first-order valence-corrected chi connectivity index (χ1v) is 7.53. The molecule has 2 aromatic heterocycles. The predicted molar refractivity (Wildman–Crippen MR) is 86.7 cm³/mol. The lowest BCUT2D eigenvalue weighted by Crippen LogP contribution is -2.29. The van der Waals surface area contributed by atoms with Crippen LogP contribution < -0.4 is 10.5 Å². The van der Waals surface area contributed by atoms with Crippen LogP contribution in [0.25, 0.3) is 0 Å². The fourth-order valence-electron chi connectivity index (χ4n) is 2.72. The van der Waals surface area contributed by atoms with Crippen LogP contribution in [0.15, 0.2) is 35.3 Å². The molecule has 0 unspecified atom stereocenters. The zero-order chi connectivity index (χ0) is 16.4. The summed E-state index contributed by atoms with van der Waals surface area (Å²) in [6.07, 6.45) is 2.41. The van der Waals surface area contributed by atoms with Gasteiger partial charge in [0.1, 0.15) is 5.69 Å². The molecular weight excluding hydrogens is 294 g/mol. The van der Waals surface area contributed by atoms with Crippen molar-refractivity contribution in [2.24, 2.45) is 0 Å². The van der Waals surface area contributed by atoms with Gasteiger partial charge in [0.05, 0.1) is 5.69 Å². The number of aromatic nitrogens is 3. The first-order valence-electron chi connectivity index (χ1n) is 7.53. The molecule has 0 aromatic carbocycles. The molecule has 0 bridgehead atoms. The number of nitrogens with zero attached hydrogens (tertiary/aromatic N) is 4. The Morgan fingerprint density at radius 3 is 2.91 bits per heavy atom. The summed E-state index contributed by atoms with van der Waals surface area (Å²) >= 11 is 0. The molecule has 3 heterocycles. The minimum Gasteiger partial charge on any atom is -0.348 e. The Hall–Kier alpha value is -2.70. The smallest absolute Gasteiger partial charge is 0.272 e. The molecule has 1 amide bonds. The number of nitrogens with one attached hydrogen (secondary N) is 1. The Morgan fingerprint density at radius 2 is 2.22 bits per heavy atom. The van der Waals surface area contributed by atoms with Crippen molar-refractivity contribution in [2.45, 2.75) is 12.3 Å². The summed E-state index contributed by atoms with van der Waals surface area (Å²) in [5.74, 6) is 0.524. The van der Waals surface area contributed by atoms with Gasteiger partial charge in [-0.05, 0) is 18.6 Å². The Morgan fingerprint density at radius 1 is 1.39 bits per heavy atom. The first-order chi connectivity index (χ1) is 11.0. The third-order valence-electron chi connectivity index (χ3n) is 3.95. The summed E-state index contributed by atoms with van der Waals surface area (Å²) in [6.45, 7) is 1.20. The third-order valence-corrected chi connectivity index (χ3v) is 3.95. The normalized spacial score (nSPS) is 17.3. The predicted octanol–water partition coefficient (Wildman–Crippen LogP) is 0.861. The van der Waals surface area contributed by atoms with Gasteiger partial charge < -0.3 is 9.80 Å². The molecule has 0 spiro atoms. The molecule has 3 rings (SSSR count). The maximum absolute atomic E-state index is 12.4. The summed E-state index contributed by atoms with van der Waals surface area (Å²) in [4.78, 5) is 39.1. The van der Waals surface area contributed by atoms with Gasteiger partial charge in [0.25, 0.3) is 11.5 Å². The highest BCUT2D eigenvalue weighted by Gasteiger charge is 2.29. The highest BCUT2D eigenvalue weighted by Crippen LogP contribution is 2.26. The number of carbonyl (C=O) groups is 1. The number of rotatable bonds is 3. The van der Waals surface area contributed by atoms with Crippen molar-refractivity contribution in [2.75, 3.05) is 32.1 Å². The number of anilines is 1. The second kappa shape index (κ2) is 6.20. The molecule has 7 heteroatoms. The zero-order valence-corrected chi connectivity index (χ0v) is 13.2. The van der Waals surface area contributed by atoms with Gasteiger partial charge in [-0.1, -0.05) is 6.07 Å². The van der Waals surface area contributed by atoms with Gasteiger partial charge in [-0.3, -0.25) is 19.6 Å². The summed E-state index contributed by atoms with van der Waals surface area (Å²) in [5.41, 5.74) is 1.00. The number of pyridine rings is 1. The standard InChI is InChI=1S/C16H19N5O2/c1-20(2)16-18-13(9-14(22)19-16)11-6-8-21(10-11)15(23)12-5-3-4-7-17-12/h3-5,7,9,11H,6,8,10H2,1-2H3,(H,18,19,22)/t11-/m1/s1. The van der Waals surface area contributed by atoms with Gasteiger partial charge in [-0.2, -0.15) is 0 Å². The number of H-pyrrole nitrogens is 1. The van der Waals surface area contributed by atoms with Crippen LogP contribution in [0.1, 0.15) is 28.5 Å². The lowest BCUT2D eigenvalue weighted by atomic mass is 10.1. The van der Waals surface area contributed by atoms with Crippen molar-refractivity contribution in [1.29, 1.82) is 0 Å². The average molecular weight is 313 g/mol. The fourth-order valence-corrected chi connectivity index (χ4v) is 2.72. The van der Waals surface area contributed by atoms with E-state index in [0.29, 0.717) is 24.7 Å². The molecule has 7 nitrogen and oxygen atoms in total. The number of aromatic amines is 1. The molecule has 120 valence electrons. The SMILES string of the molecule is CN(C)c1nc([C@@H]2CCN(C(=O)c3ccccn3)C2)cc(=O)[nH]1. The van der Waals surface area contributed by atoms with E-state index in [-0.39, 0.29) is 17.4 Å². The van der Waals surface area contributed by atoms with Gasteiger partial charge in [-0.25, -0.2) is 4.98 Å². The molecule has 0 radical (unpaired) electrons. The Labute approximate surface area is 134 Å². The van der Waals surface area contributed by atoms with Crippen molar-refractivity contribution in [3.63, 3.8) is 0 Å². The highest BCUT2D eigenvalue weighted by atomic mass is 16.2. The maximum atomic E-state index is 12.4. The first kappa shape index (κ1) is 15.2. The lowest BCUT2D eigenvalue weighted by molar-refractivity contribution is 0.0785. The molecule has 0 saturated carbocycles. The van der Waals surface area contributed by atoms with E-state index in [1.54, 1.807) is 34.2 Å². The summed E-state index contributed by atoms with van der Waals surface area (Å²) in [5, 5.41) is 0. The molecule has 1 saturated heterocycles. The van der Waals surface area contributed by atoms with Gasteiger partial charge in [-0.15, -0.1) is 0 Å². The molecule has 1 fully saturated rings. The van der Waals surface area contributed by atoms with Crippen LogP contribution in [0.4, 0.5) is 5.95 Å². The van der Waals surface area contributed by atoms with E-state index in [9.17, 15) is 9.59 Å². The molecule has 23 heavy (non-hydrogen) atoms. The Kier molecular flexibility index (Phi) is 4.10. The number of hydrogen-bond acceptors (Lipinski definition) is 5. The lowest BCUT2D eigenvalue weighted by Gasteiger charge is -2.17. The van der Waals surface area contributed by atoms with Crippen LogP contribution in [-0.4, -0.2) is 52.9 Å². The zero-order valence-electron chi connectivity index (χ0n) is 13.2. The number of amides is 1. The second-order valence-corrected chi connectivity index (χ2v) is 5.84. The van der Waals surface area contributed by atoms with Gasteiger partial charge in [0.15, 0.2) is 0 Å². The molecule has 1 aliphatic heterocycles. The largest absolute Gasteiger partial charge is 0.348 e. The molecule has 1 aliphatic rings. The van der Waals surface area contributed by atoms with E-state index in [1.807, 2.05) is 14.1 Å². The Bertz CT molecular complexity index is 757. The van der Waals surface area contributed by atoms with E-state index < -0.39 is 0 Å². The van der Waals surface area contributed by atoms with Crippen molar-refractivity contribution < 1.29 is 4.79 Å². The monoisotopic (exact) mass is 313 g/mol.